The molecular weight excluding hydrogens is 218 g/mol. The number of thioether (sulfide) groups is 1. The topological polar surface area (TPSA) is 21.3 Å². The van der Waals surface area contributed by atoms with Crippen molar-refractivity contribution in [3.63, 3.8) is 0 Å². The molecule has 1 aromatic rings. The van der Waals surface area contributed by atoms with Gasteiger partial charge < -0.3 is 10.1 Å². The van der Waals surface area contributed by atoms with Crippen molar-refractivity contribution in [3.05, 3.63) is 24.3 Å². The summed E-state index contributed by atoms with van der Waals surface area (Å²) in [4.78, 5) is 1.29. The molecule has 0 atom stereocenters. The Bertz CT molecular complexity index is 303. The summed E-state index contributed by atoms with van der Waals surface area (Å²) in [6.45, 7) is 7.78. The largest absolute Gasteiger partial charge is 0.383 e. The van der Waals surface area contributed by atoms with Crippen LogP contribution in [0.4, 0.5) is 5.69 Å². The maximum Gasteiger partial charge on any atom is 0.0646 e. The summed E-state index contributed by atoms with van der Waals surface area (Å²) in [7, 11) is 0. The third-order valence-electron chi connectivity index (χ3n) is 2.06. The summed E-state index contributed by atoms with van der Waals surface area (Å²) in [6.07, 6.45) is 2.08. The Kier molecular flexibility index (Phi) is 5.16. The molecular formula is C13H21NOS. The zero-order valence-electron chi connectivity index (χ0n) is 10.5. The fourth-order valence-corrected chi connectivity index (χ4v) is 1.67. The van der Waals surface area contributed by atoms with Crippen LogP contribution in [-0.2, 0) is 4.74 Å². The van der Waals surface area contributed by atoms with Crippen molar-refractivity contribution >= 4 is 17.4 Å². The molecule has 0 saturated heterocycles. The molecule has 0 aliphatic heterocycles. The molecule has 0 heterocycles. The lowest BCUT2D eigenvalue weighted by Crippen LogP contribution is -2.23. The maximum atomic E-state index is 5.63. The molecule has 1 N–H and O–H groups in total. The van der Waals surface area contributed by atoms with Crippen LogP contribution in [0, 0.1) is 0 Å². The van der Waals surface area contributed by atoms with E-state index in [1.165, 1.54) is 4.90 Å². The highest BCUT2D eigenvalue weighted by atomic mass is 32.2. The molecule has 0 unspecified atom stereocenters. The van der Waals surface area contributed by atoms with E-state index in [9.17, 15) is 0 Å². The summed E-state index contributed by atoms with van der Waals surface area (Å²) in [5, 5.41) is 3.33. The number of hydrogen-bond donors (Lipinski definition) is 1. The molecule has 1 rings (SSSR count). The molecule has 1 aromatic carbocycles. The van der Waals surface area contributed by atoms with Gasteiger partial charge in [-0.3, -0.25) is 0 Å². The minimum absolute atomic E-state index is 0.0512. The van der Waals surface area contributed by atoms with Crippen LogP contribution >= 0.6 is 11.8 Å². The lowest BCUT2D eigenvalue weighted by atomic mass is 10.2. The van der Waals surface area contributed by atoms with Gasteiger partial charge in [-0.25, -0.2) is 0 Å². The third kappa shape index (κ3) is 5.42. The summed E-state index contributed by atoms with van der Waals surface area (Å²) >= 11 is 1.76. The Labute approximate surface area is 103 Å². The van der Waals surface area contributed by atoms with Crippen LogP contribution in [0.5, 0.6) is 0 Å². The first-order chi connectivity index (χ1) is 7.51. The van der Waals surface area contributed by atoms with E-state index >= 15 is 0 Å². The van der Waals surface area contributed by atoms with Crippen molar-refractivity contribution in [2.24, 2.45) is 0 Å². The van der Waals surface area contributed by atoms with Gasteiger partial charge in [-0.2, -0.15) is 0 Å². The molecule has 2 nitrogen and oxygen atoms in total. The fourth-order valence-electron chi connectivity index (χ4n) is 1.26. The van der Waals surface area contributed by atoms with Crippen molar-refractivity contribution < 1.29 is 4.74 Å². The van der Waals surface area contributed by atoms with Crippen LogP contribution in [0.1, 0.15) is 20.8 Å². The minimum atomic E-state index is -0.0512. The minimum Gasteiger partial charge on any atom is -0.383 e. The molecule has 0 fully saturated rings. The van der Waals surface area contributed by atoms with E-state index in [0.717, 1.165) is 18.8 Å². The van der Waals surface area contributed by atoms with Crippen molar-refractivity contribution in [2.45, 2.75) is 31.3 Å². The first-order valence-electron chi connectivity index (χ1n) is 5.53. The van der Waals surface area contributed by atoms with E-state index in [1.807, 2.05) is 0 Å². The molecule has 16 heavy (non-hydrogen) atoms. The van der Waals surface area contributed by atoms with Crippen LogP contribution in [0.2, 0.25) is 0 Å². The van der Waals surface area contributed by atoms with Crippen LogP contribution in [-0.4, -0.2) is 25.0 Å². The van der Waals surface area contributed by atoms with Crippen molar-refractivity contribution in [1.29, 1.82) is 0 Å². The Morgan fingerprint density at radius 2 is 1.81 bits per heavy atom. The molecule has 3 heteroatoms. The van der Waals surface area contributed by atoms with Gasteiger partial charge >= 0.3 is 0 Å². The first-order valence-corrected chi connectivity index (χ1v) is 6.75. The highest BCUT2D eigenvalue weighted by Gasteiger charge is 2.08. The van der Waals surface area contributed by atoms with Crippen molar-refractivity contribution in [3.8, 4) is 0 Å². The molecule has 0 aliphatic carbocycles. The molecule has 90 valence electrons. The highest BCUT2D eigenvalue weighted by Crippen LogP contribution is 2.17. The average Bonchev–Trinajstić information content (AvgIpc) is 2.24. The average molecular weight is 239 g/mol. The molecule has 0 aliphatic rings. The highest BCUT2D eigenvalue weighted by molar-refractivity contribution is 7.98. The van der Waals surface area contributed by atoms with Crippen LogP contribution in [0.3, 0.4) is 0 Å². The first kappa shape index (κ1) is 13.4. The van der Waals surface area contributed by atoms with E-state index < -0.39 is 0 Å². The van der Waals surface area contributed by atoms with Gasteiger partial charge in [0, 0.05) is 17.1 Å². The van der Waals surface area contributed by atoms with Gasteiger partial charge in [0.05, 0.1) is 12.2 Å². The van der Waals surface area contributed by atoms with E-state index in [4.69, 9.17) is 4.74 Å². The standard InChI is InChI=1S/C13H21NOS/c1-13(2,3)15-10-9-14-11-5-7-12(16-4)8-6-11/h5-8,14H,9-10H2,1-4H3. The second-order valence-electron chi connectivity index (χ2n) is 4.62. The second kappa shape index (κ2) is 6.16. The monoisotopic (exact) mass is 239 g/mol. The Hall–Kier alpha value is -0.670. The van der Waals surface area contributed by atoms with Gasteiger partial charge in [-0.1, -0.05) is 0 Å². The number of rotatable bonds is 5. The predicted molar refractivity (Wildman–Crippen MR) is 72.4 cm³/mol. The Balaban J connectivity index is 2.27. The van der Waals surface area contributed by atoms with E-state index in [2.05, 4.69) is 56.6 Å². The molecule has 0 bridgehead atoms. The number of hydrogen-bond acceptors (Lipinski definition) is 3. The Morgan fingerprint density at radius 1 is 1.19 bits per heavy atom. The molecule has 0 amide bonds. The second-order valence-corrected chi connectivity index (χ2v) is 5.50. The normalized spacial score (nSPS) is 11.5. The van der Waals surface area contributed by atoms with E-state index in [0.29, 0.717) is 0 Å². The van der Waals surface area contributed by atoms with Gasteiger partial charge in [-0.05, 0) is 51.3 Å². The van der Waals surface area contributed by atoms with Gasteiger partial charge in [0.2, 0.25) is 0 Å². The van der Waals surface area contributed by atoms with E-state index in [-0.39, 0.29) is 5.60 Å². The van der Waals surface area contributed by atoms with Crippen LogP contribution in [0.25, 0.3) is 0 Å². The van der Waals surface area contributed by atoms with Crippen LogP contribution in [0.15, 0.2) is 29.2 Å². The summed E-state index contributed by atoms with van der Waals surface area (Å²) in [5.41, 5.74) is 1.10. The maximum absolute atomic E-state index is 5.63. The molecule has 0 saturated carbocycles. The van der Waals surface area contributed by atoms with Gasteiger partial charge in [0.25, 0.3) is 0 Å². The van der Waals surface area contributed by atoms with Gasteiger partial charge in [-0.15, -0.1) is 11.8 Å². The van der Waals surface area contributed by atoms with Gasteiger partial charge in [0.1, 0.15) is 0 Å². The summed E-state index contributed by atoms with van der Waals surface area (Å²) in [6, 6.07) is 8.45. The lowest BCUT2D eigenvalue weighted by Gasteiger charge is -2.19. The molecule has 0 spiro atoms. The third-order valence-corrected chi connectivity index (χ3v) is 2.80. The number of anilines is 1. The van der Waals surface area contributed by atoms with Crippen LogP contribution < -0.4 is 5.32 Å². The SMILES string of the molecule is CSc1ccc(NCCOC(C)(C)C)cc1. The number of ether oxygens (including phenoxy) is 1. The summed E-state index contributed by atoms with van der Waals surface area (Å²) < 4.78 is 5.63. The fraction of sp³-hybridized carbons (Fsp3) is 0.538. The molecule has 0 aromatic heterocycles. The quantitative estimate of drug-likeness (QED) is 0.626. The van der Waals surface area contributed by atoms with Gasteiger partial charge in [0.15, 0.2) is 0 Å². The Morgan fingerprint density at radius 3 is 2.31 bits per heavy atom. The zero-order chi connectivity index (χ0) is 12.0. The van der Waals surface area contributed by atoms with E-state index in [1.54, 1.807) is 11.8 Å². The smallest absolute Gasteiger partial charge is 0.0646 e. The molecule has 0 radical (unpaired) electrons. The lowest BCUT2D eigenvalue weighted by molar-refractivity contribution is 0.00333. The predicted octanol–water partition coefficient (Wildman–Crippen LogP) is 3.64. The number of nitrogens with one attached hydrogen (secondary N) is 1. The summed E-state index contributed by atoms with van der Waals surface area (Å²) in [5.74, 6) is 0. The zero-order valence-corrected chi connectivity index (χ0v) is 11.4. The number of benzene rings is 1. The van der Waals surface area contributed by atoms with Crippen molar-refractivity contribution in [2.75, 3.05) is 24.7 Å². The van der Waals surface area contributed by atoms with Crippen molar-refractivity contribution in [1.82, 2.24) is 0 Å².